The molecule has 1 aliphatic heterocycles. The minimum atomic E-state index is -0.268. The average Bonchev–Trinajstić information content (AvgIpc) is 2.75. The van der Waals surface area contributed by atoms with Crippen molar-refractivity contribution in [3.8, 4) is 0 Å². The monoisotopic (exact) mass is 345 g/mol. The van der Waals surface area contributed by atoms with Gasteiger partial charge in [0.25, 0.3) is 0 Å². The molecule has 4 atom stereocenters. The highest BCUT2D eigenvalue weighted by Crippen LogP contribution is 2.53. The number of aryl methyl sites for hydroxylation is 1. The molecule has 1 saturated heterocycles. The highest BCUT2D eigenvalue weighted by atomic mass is 16.7. The summed E-state index contributed by atoms with van der Waals surface area (Å²) in [5.74, 6) is 0.722. The molecule has 4 heteroatoms. The Balaban J connectivity index is 2.01. The van der Waals surface area contributed by atoms with Crippen molar-refractivity contribution in [2.75, 3.05) is 14.2 Å². The molecule has 2 aliphatic rings. The maximum absolute atomic E-state index is 12.0. The summed E-state index contributed by atoms with van der Waals surface area (Å²) >= 11 is 0. The molecule has 0 radical (unpaired) electrons. The summed E-state index contributed by atoms with van der Waals surface area (Å²) < 4.78 is 4.92. The van der Waals surface area contributed by atoms with E-state index in [1.807, 2.05) is 18.2 Å². The zero-order valence-electron chi connectivity index (χ0n) is 16.6. The Bertz CT molecular complexity index is 684. The van der Waals surface area contributed by atoms with Crippen molar-refractivity contribution >= 4 is 5.97 Å². The Labute approximate surface area is 151 Å². The normalized spacial score (nSPS) is 34.6. The number of ether oxygens (including phenoxy) is 1. The number of benzene rings is 1. The van der Waals surface area contributed by atoms with Crippen LogP contribution in [0.4, 0.5) is 0 Å². The van der Waals surface area contributed by atoms with Crippen LogP contribution in [-0.4, -0.2) is 36.8 Å². The van der Waals surface area contributed by atoms with E-state index in [1.165, 1.54) is 18.2 Å². The fourth-order valence-electron chi connectivity index (χ4n) is 5.42. The standard InChI is InChI=1S/C21H31NO3/c1-13-8-9-15(19(23)24-7)10-16(13)21(5)11-14(2)18-17(12-21)20(3,4)25-22(18)6/h8-10,14,17-18H,11-12H2,1-7H3. The smallest absolute Gasteiger partial charge is 0.337 e. The third-order valence-corrected chi connectivity index (χ3v) is 6.44. The van der Waals surface area contributed by atoms with Crippen LogP contribution in [0.5, 0.6) is 0 Å². The topological polar surface area (TPSA) is 38.8 Å². The van der Waals surface area contributed by atoms with Crippen LogP contribution >= 0.6 is 0 Å². The SMILES string of the molecule is COC(=O)c1ccc(C)c(C2(C)CC(C)C3C(C2)C(C)(C)ON3C)c1. The van der Waals surface area contributed by atoms with E-state index >= 15 is 0 Å². The molecule has 2 fully saturated rings. The summed E-state index contributed by atoms with van der Waals surface area (Å²) in [5, 5.41) is 2.08. The molecule has 0 aromatic heterocycles. The molecule has 3 rings (SSSR count). The molecule has 1 heterocycles. The first-order valence-electron chi connectivity index (χ1n) is 9.20. The molecule has 1 aromatic carbocycles. The number of hydrogen-bond donors (Lipinski definition) is 0. The molecule has 4 nitrogen and oxygen atoms in total. The average molecular weight is 345 g/mol. The summed E-state index contributed by atoms with van der Waals surface area (Å²) in [7, 11) is 3.50. The number of carbonyl (C=O) groups excluding carboxylic acids is 1. The molecule has 0 bridgehead atoms. The van der Waals surface area contributed by atoms with Crippen molar-refractivity contribution in [1.82, 2.24) is 5.06 Å². The van der Waals surface area contributed by atoms with Crippen LogP contribution in [0.15, 0.2) is 18.2 Å². The molecule has 0 amide bonds. The predicted molar refractivity (Wildman–Crippen MR) is 98.5 cm³/mol. The van der Waals surface area contributed by atoms with Crippen LogP contribution in [0.2, 0.25) is 0 Å². The van der Waals surface area contributed by atoms with E-state index < -0.39 is 0 Å². The molecular weight excluding hydrogens is 314 g/mol. The van der Waals surface area contributed by atoms with Gasteiger partial charge in [0.2, 0.25) is 0 Å². The minimum Gasteiger partial charge on any atom is -0.465 e. The van der Waals surface area contributed by atoms with Crippen LogP contribution in [0.1, 0.15) is 62.0 Å². The van der Waals surface area contributed by atoms with E-state index in [1.54, 1.807) is 0 Å². The van der Waals surface area contributed by atoms with E-state index in [2.05, 4.69) is 46.7 Å². The fourth-order valence-corrected chi connectivity index (χ4v) is 5.42. The lowest BCUT2D eigenvalue weighted by Gasteiger charge is -2.47. The molecule has 0 N–H and O–H groups in total. The number of esters is 1. The molecule has 1 saturated carbocycles. The first kappa shape index (κ1) is 18.4. The second kappa shape index (κ2) is 6.10. The van der Waals surface area contributed by atoms with Gasteiger partial charge in [0.1, 0.15) is 0 Å². The Hall–Kier alpha value is -1.39. The number of rotatable bonds is 2. The van der Waals surface area contributed by atoms with Gasteiger partial charge in [-0.05, 0) is 68.2 Å². The second-order valence-corrected chi connectivity index (χ2v) is 8.81. The third kappa shape index (κ3) is 3.00. The fraction of sp³-hybridized carbons (Fsp3) is 0.667. The lowest BCUT2D eigenvalue weighted by molar-refractivity contribution is -0.182. The van der Waals surface area contributed by atoms with Crippen molar-refractivity contribution in [1.29, 1.82) is 0 Å². The molecule has 1 aliphatic carbocycles. The minimum absolute atomic E-state index is 0.0283. The number of hydroxylamine groups is 2. The van der Waals surface area contributed by atoms with Gasteiger partial charge in [-0.25, -0.2) is 4.79 Å². The predicted octanol–water partition coefficient (Wildman–Crippen LogP) is 4.11. The van der Waals surface area contributed by atoms with E-state index in [9.17, 15) is 4.79 Å². The van der Waals surface area contributed by atoms with Crippen molar-refractivity contribution in [3.05, 3.63) is 34.9 Å². The number of hydrogen-bond acceptors (Lipinski definition) is 4. The Kier molecular flexibility index (Phi) is 4.49. The molecule has 138 valence electrons. The van der Waals surface area contributed by atoms with Gasteiger partial charge < -0.3 is 4.74 Å². The van der Waals surface area contributed by atoms with Gasteiger partial charge in [0, 0.05) is 19.0 Å². The zero-order valence-corrected chi connectivity index (χ0v) is 16.6. The zero-order chi connectivity index (χ0) is 18.6. The van der Waals surface area contributed by atoms with Crippen molar-refractivity contribution in [2.45, 2.75) is 64.5 Å². The molecule has 1 aromatic rings. The van der Waals surface area contributed by atoms with E-state index in [4.69, 9.17) is 9.57 Å². The molecule has 4 unspecified atom stereocenters. The van der Waals surface area contributed by atoms with Gasteiger partial charge in [0.05, 0.1) is 18.3 Å². The van der Waals surface area contributed by atoms with E-state index in [-0.39, 0.29) is 17.0 Å². The highest BCUT2D eigenvalue weighted by molar-refractivity contribution is 5.89. The summed E-state index contributed by atoms with van der Waals surface area (Å²) in [5.41, 5.74) is 3.01. The lowest BCUT2D eigenvalue weighted by Crippen LogP contribution is -2.48. The Morgan fingerprint density at radius 1 is 1.28 bits per heavy atom. The van der Waals surface area contributed by atoms with Gasteiger partial charge in [-0.1, -0.05) is 19.9 Å². The first-order chi connectivity index (χ1) is 11.6. The summed E-state index contributed by atoms with van der Waals surface area (Å²) in [4.78, 5) is 18.2. The molecule has 0 spiro atoms. The van der Waals surface area contributed by atoms with Crippen LogP contribution in [-0.2, 0) is 15.0 Å². The van der Waals surface area contributed by atoms with Gasteiger partial charge in [-0.2, -0.15) is 5.06 Å². The van der Waals surface area contributed by atoms with Gasteiger partial charge in [-0.3, -0.25) is 4.84 Å². The van der Waals surface area contributed by atoms with Crippen LogP contribution < -0.4 is 0 Å². The lowest BCUT2D eigenvalue weighted by atomic mass is 9.58. The molecule has 25 heavy (non-hydrogen) atoms. The quantitative estimate of drug-likeness (QED) is 0.756. The maximum Gasteiger partial charge on any atom is 0.337 e. The Morgan fingerprint density at radius 2 is 1.96 bits per heavy atom. The summed E-state index contributed by atoms with van der Waals surface area (Å²) in [6.07, 6.45) is 2.15. The van der Waals surface area contributed by atoms with Crippen LogP contribution in [0, 0.1) is 18.8 Å². The number of nitrogens with zero attached hydrogens (tertiary/aromatic N) is 1. The van der Waals surface area contributed by atoms with Gasteiger partial charge in [-0.15, -0.1) is 0 Å². The Morgan fingerprint density at radius 3 is 2.60 bits per heavy atom. The van der Waals surface area contributed by atoms with Crippen LogP contribution in [0.3, 0.4) is 0 Å². The van der Waals surface area contributed by atoms with Gasteiger partial charge >= 0.3 is 5.97 Å². The van der Waals surface area contributed by atoms with Crippen molar-refractivity contribution in [3.63, 3.8) is 0 Å². The summed E-state index contributed by atoms with van der Waals surface area (Å²) in [6, 6.07) is 6.40. The third-order valence-electron chi connectivity index (χ3n) is 6.44. The van der Waals surface area contributed by atoms with Crippen LogP contribution in [0.25, 0.3) is 0 Å². The second-order valence-electron chi connectivity index (χ2n) is 8.81. The number of methoxy groups -OCH3 is 1. The highest BCUT2D eigenvalue weighted by Gasteiger charge is 2.55. The maximum atomic E-state index is 12.0. The largest absolute Gasteiger partial charge is 0.465 e. The summed E-state index contributed by atoms with van der Waals surface area (Å²) in [6.45, 7) is 11.2. The van der Waals surface area contributed by atoms with Crippen molar-refractivity contribution in [2.24, 2.45) is 11.8 Å². The molecular formula is C21H31NO3. The van der Waals surface area contributed by atoms with E-state index in [0.717, 1.165) is 12.8 Å². The van der Waals surface area contributed by atoms with Crippen molar-refractivity contribution < 1.29 is 14.4 Å². The van der Waals surface area contributed by atoms with E-state index in [0.29, 0.717) is 23.4 Å². The number of fused-ring (bicyclic) bond motifs is 1. The first-order valence-corrected chi connectivity index (χ1v) is 9.20. The van der Waals surface area contributed by atoms with Gasteiger partial charge in [0.15, 0.2) is 0 Å². The number of carbonyl (C=O) groups is 1.